The second kappa shape index (κ2) is 9.88. The summed E-state index contributed by atoms with van der Waals surface area (Å²) in [5, 5.41) is 13.8. The fourth-order valence-corrected chi connectivity index (χ4v) is 3.62. The summed E-state index contributed by atoms with van der Waals surface area (Å²) in [6.07, 6.45) is 0.616. The molecule has 2 atom stereocenters. The molecule has 3 rings (SSSR count). The van der Waals surface area contributed by atoms with Gasteiger partial charge in [0.2, 0.25) is 0 Å². The van der Waals surface area contributed by atoms with Crippen molar-refractivity contribution in [3.63, 3.8) is 0 Å². The van der Waals surface area contributed by atoms with Gasteiger partial charge in [-0.1, -0.05) is 62.4 Å². The lowest BCUT2D eigenvalue weighted by atomic mass is 10.0. The molecule has 2 aromatic carbocycles. The first-order valence-corrected chi connectivity index (χ1v) is 10.0. The van der Waals surface area contributed by atoms with Crippen LogP contribution in [0.3, 0.4) is 0 Å². The highest BCUT2D eigenvalue weighted by Crippen LogP contribution is 2.25. The van der Waals surface area contributed by atoms with Crippen molar-refractivity contribution in [1.82, 2.24) is 10.2 Å². The van der Waals surface area contributed by atoms with Crippen molar-refractivity contribution in [2.75, 3.05) is 26.2 Å². The molecule has 0 aromatic heterocycles. The van der Waals surface area contributed by atoms with E-state index in [1.54, 1.807) is 0 Å². The molecule has 0 spiro atoms. The molecule has 0 aliphatic carbocycles. The molecule has 0 radical (unpaired) electrons. The van der Waals surface area contributed by atoms with E-state index in [0.29, 0.717) is 25.1 Å². The lowest BCUT2D eigenvalue weighted by molar-refractivity contribution is 0.103. The highest BCUT2D eigenvalue weighted by molar-refractivity contribution is 5.35. The van der Waals surface area contributed by atoms with Crippen molar-refractivity contribution in [1.29, 1.82) is 0 Å². The Morgan fingerprint density at radius 2 is 1.85 bits per heavy atom. The van der Waals surface area contributed by atoms with E-state index < -0.39 is 6.10 Å². The molecule has 1 aliphatic rings. The fraction of sp³-hybridized carbons (Fsp3) is 0.478. The van der Waals surface area contributed by atoms with Crippen molar-refractivity contribution in [2.45, 2.75) is 44.9 Å². The van der Waals surface area contributed by atoms with Crippen molar-refractivity contribution in [2.24, 2.45) is 0 Å². The lowest BCUT2D eigenvalue weighted by Gasteiger charge is -2.19. The van der Waals surface area contributed by atoms with E-state index in [2.05, 4.69) is 60.5 Å². The summed E-state index contributed by atoms with van der Waals surface area (Å²) in [6, 6.07) is 19.1. The highest BCUT2D eigenvalue weighted by atomic mass is 16.5. The summed E-state index contributed by atoms with van der Waals surface area (Å²) in [7, 11) is 0. The summed E-state index contributed by atoms with van der Waals surface area (Å²) in [5.41, 5.74) is 2.54. The van der Waals surface area contributed by atoms with Gasteiger partial charge < -0.3 is 15.2 Å². The van der Waals surface area contributed by atoms with E-state index in [0.717, 1.165) is 31.8 Å². The summed E-state index contributed by atoms with van der Waals surface area (Å²) in [6.45, 7) is 8.31. The first-order chi connectivity index (χ1) is 13.1. The molecule has 1 saturated heterocycles. The summed E-state index contributed by atoms with van der Waals surface area (Å²) >= 11 is 0. The van der Waals surface area contributed by atoms with Crippen LogP contribution in [0.25, 0.3) is 0 Å². The molecule has 0 amide bonds. The van der Waals surface area contributed by atoms with Gasteiger partial charge in [-0.2, -0.15) is 0 Å². The van der Waals surface area contributed by atoms with Crippen molar-refractivity contribution < 1.29 is 9.84 Å². The van der Waals surface area contributed by atoms with E-state index >= 15 is 0 Å². The highest BCUT2D eigenvalue weighted by Gasteiger charge is 2.22. The molecule has 4 heteroatoms. The van der Waals surface area contributed by atoms with E-state index in [4.69, 9.17) is 4.74 Å². The minimum absolute atomic E-state index is 0.317. The third kappa shape index (κ3) is 6.06. The largest absolute Gasteiger partial charge is 0.491 e. The molecule has 2 aromatic rings. The molecule has 0 bridgehead atoms. The van der Waals surface area contributed by atoms with Gasteiger partial charge >= 0.3 is 0 Å². The molecule has 1 heterocycles. The zero-order valence-corrected chi connectivity index (χ0v) is 16.5. The molecular formula is C23H32N2O2. The van der Waals surface area contributed by atoms with Crippen LogP contribution in [0, 0.1) is 0 Å². The number of hydrogen-bond acceptors (Lipinski definition) is 4. The fourth-order valence-electron chi connectivity index (χ4n) is 3.62. The molecule has 2 N–H and O–H groups in total. The summed E-state index contributed by atoms with van der Waals surface area (Å²) in [5.74, 6) is 1.28. The predicted molar refractivity (Wildman–Crippen MR) is 110 cm³/mol. The SMILES string of the molecule is CC(C)c1ccccc1OC[C@@H](O)CN[C@@H]1CCN(Cc2ccccc2)C1. The number of benzene rings is 2. The zero-order valence-electron chi connectivity index (χ0n) is 16.5. The van der Waals surface area contributed by atoms with Gasteiger partial charge in [0.25, 0.3) is 0 Å². The van der Waals surface area contributed by atoms with E-state index in [-0.39, 0.29) is 0 Å². The summed E-state index contributed by atoms with van der Waals surface area (Å²) in [4.78, 5) is 2.47. The maximum Gasteiger partial charge on any atom is 0.122 e. The van der Waals surface area contributed by atoms with E-state index in [1.807, 2.05) is 18.2 Å². The van der Waals surface area contributed by atoms with Crippen LogP contribution in [-0.2, 0) is 6.54 Å². The topological polar surface area (TPSA) is 44.7 Å². The first-order valence-electron chi connectivity index (χ1n) is 10.0. The second-order valence-electron chi connectivity index (χ2n) is 7.77. The predicted octanol–water partition coefficient (Wildman–Crippen LogP) is 3.41. The molecule has 27 heavy (non-hydrogen) atoms. The van der Waals surface area contributed by atoms with Gasteiger partial charge in [-0.25, -0.2) is 0 Å². The average Bonchev–Trinajstić information content (AvgIpc) is 3.13. The van der Waals surface area contributed by atoms with Gasteiger partial charge in [0, 0.05) is 32.2 Å². The second-order valence-corrected chi connectivity index (χ2v) is 7.77. The Labute approximate surface area is 163 Å². The van der Waals surface area contributed by atoms with Gasteiger partial charge in [-0.15, -0.1) is 0 Å². The van der Waals surface area contributed by atoms with E-state index in [9.17, 15) is 5.11 Å². The van der Waals surface area contributed by atoms with Gasteiger partial charge in [0.05, 0.1) is 0 Å². The summed E-state index contributed by atoms with van der Waals surface area (Å²) < 4.78 is 5.88. The normalized spacial score (nSPS) is 18.7. The molecule has 4 nitrogen and oxygen atoms in total. The van der Waals surface area contributed by atoms with Crippen LogP contribution in [-0.4, -0.2) is 48.4 Å². The number of ether oxygens (including phenoxy) is 1. The van der Waals surface area contributed by atoms with Gasteiger partial charge in [0.1, 0.15) is 18.5 Å². The van der Waals surface area contributed by atoms with Gasteiger partial charge in [-0.3, -0.25) is 4.90 Å². The van der Waals surface area contributed by atoms with Crippen molar-refractivity contribution in [3.05, 3.63) is 65.7 Å². The Bertz CT molecular complexity index is 690. The standard InChI is InChI=1S/C23H32N2O2/c1-18(2)22-10-6-7-11-23(22)27-17-21(26)14-24-20-12-13-25(16-20)15-19-8-4-3-5-9-19/h3-11,18,20-21,24,26H,12-17H2,1-2H3/t20-,21+/m1/s1. The molecule has 0 unspecified atom stereocenters. The maximum absolute atomic E-state index is 10.3. The number of aliphatic hydroxyl groups is 1. The van der Waals surface area contributed by atoms with Crippen LogP contribution in [0.15, 0.2) is 54.6 Å². The monoisotopic (exact) mass is 368 g/mol. The minimum atomic E-state index is -0.506. The number of nitrogens with zero attached hydrogens (tertiary/aromatic N) is 1. The van der Waals surface area contributed by atoms with Crippen LogP contribution in [0.5, 0.6) is 5.75 Å². The number of likely N-dealkylation sites (tertiary alicyclic amines) is 1. The Morgan fingerprint density at radius 3 is 2.63 bits per heavy atom. The van der Waals surface area contributed by atoms with Crippen LogP contribution >= 0.6 is 0 Å². The van der Waals surface area contributed by atoms with Crippen LogP contribution in [0.1, 0.15) is 37.3 Å². The average molecular weight is 369 g/mol. The van der Waals surface area contributed by atoms with Crippen molar-refractivity contribution >= 4 is 0 Å². The van der Waals surface area contributed by atoms with Gasteiger partial charge in [0.15, 0.2) is 0 Å². The zero-order chi connectivity index (χ0) is 19.1. The molecule has 1 fully saturated rings. The molecule has 0 saturated carbocycles. The smallest absolute Gasteiger partial charge is 0.122 e. The molecular weight excluding hydrogens is 336 g/mol. The molecule has 1 aliphatic heterocycles. The first kappa shape index (κ1) is 19.9. The maximum atomic E-state index is 10.3. The van der Waals surface area contributed by atoms with Crippen LogP contribution in [0.4, 0.5) is 0 Å². The third-order valence-corrected chi connectivity index (χ3v) is 5.14. The number of aliphatic hydroxyl groups excluding tert-OH is 1. The van der Waals surface area contributed by atoms with E-state index in [1.165, 1.54) is 11.1 Å². The Kier molecular flexibility index (Phi) is 7.27. The lowest BCUT2D eigenvalue weighted by Crippen LogP contribution is -2.39. The molecule has 146 valence electrons. The van der Waals surface area contributed by atoms with Gasteiger partial charge in [-0.05, 0) is 29.5 Å². The Morgan fingerprint density at radius 1 is 1.11 bits per heavy atom. The minimum Gasteiger partial charge on any atom is -0.491 e. The Balaban J connectivity index is 1.38. The van der Waals surface area contributed by atoms with Crippen LogP contribution < -0.4 is 10.1 Å². The quantitative estimate of drug-likeness (QED) is 0.712. The third-order valence-electron chi connectivity index (χ3n) is 5.14. The number of nitrogens with one attached hydrogen (secondary N) is 1. The number of hydrogen-bond donors (Lipinski definition) is 2. The van der Waals surface area contributed by atoms with Crippen LogP contribution in [0.2, 0.25) is 0 Å². The van der Waals surface area contributed by atoms with Crippen molar-refractivity contribution in [3.8, 4) is 5.75 Å². The number of rotatable bonds is 9. The number of para-hydroxylation sites is 1. The Hall–Kier alpha value is -1.88.